The number of aryl methyl sites for hydroxylation is 2. The van der Waals surface area contributed by atoms with Gasteiger partial charge in [0.05, 0.1) is 16.9 Å². The van der Waals surface area contributed by atoms with E-state index in [1.807, 2.05) is 81.6 Å². The molecular weight excluding hydrogens is 416 g/mol. The topological polar surface area (TPSA) is 93.8 Å². The van der Waals surface area contributed by atoms with Crippen molar-refractivity contribution in [3.63, 3.8) is 0 Å². The molecule has 0 aliphatic heterocycles. The molecule has 0 aliphatic carbocycles. The summed E-state index contributed by atoms with van der Waals surface area (Å²) in [4.78, 5) is 25.4. The van der Waals surface area contributed by atoms with Crippen LogP contribution in [0.1, 0.15) is 33.7 Å². The van der Waals surface area contributed by atoms with Crippen LogP contribution < -0.4 is 10.9 Å². The minimum Gasteiger partial charge on any atom is -0.273 e. The number of para-hydroxylation sites is 1. The number of nitrogens with zero attached hydrogens (tertiary/aromatic N) is 4. The number of hydrogen-bond donors (Lipinski definition) is 2. The molecular formula is C25H26N6O2. The summed E-state index contributed by atoms with van der Waals surface area (Å²) in [6.07, 6.45) is 2.46. The SMILES string of the molecule is Cc1nn(C)c(C)c1CCC(=O)NNC(=O)c1cn(-c2ccccc2)nc1-c1ccccc1. The number of amides is 2. The van der Waals surface area contributed by atoms with Crippen molar-refractivity contribution in [2.45, 2.75) is 26.7 Å². The molecule has 2 aromatic carbocycles. The molecule has 0 spiro atoms. The van der Waals surface area contributed by atoms with Crippen LogP contribution in [0.2, 0.25) is 0 Å². The first-order valence-electron chi connectivity index (χ1n) is 10.7. The fourth-order valence-electron chi connectivity index (χ4n) is 3.74. The molecule has 4 rings (SSSR count). The molecule has 33 heavy (non-hydrogen) atoms. The van der Waals surface area contributed by atoms with Gasteiger partial charge in [0.15, 0.2) is 0 Å². The largest absolute Gasteiger partial charge is 0.273 e. The summed E-state index contributed by atoms with van der Waals surface area (Å²) < 4.78 is 3.47. The van der Waals surface area contributed by atoms with Gasteiger partial charge in [-0.2, -0.15) is 10.2 Å². The van der Waals surface area contributed by atoms with Crippen LogP contribution in [0.25, 0.3) is 16.9 Å². The van der Waals surface area contributed by atoms with E-state index in [9.17, 15) is 9.59 Å². The lowest BCUT2D eigenvalue weighted by Crippen LogP contribution is -2.41. The highest BCUT2D eigenvalue weighted by molar-refractivity contribution is 6.00. The molecule has 168 valence electrons. The average Bonchev–Trinajstić information content (AvgIpc) is 3.38. The number of carbonyl (C=O) groups is 2. The molecule has 8 nitrogen and oxygen atoms in total. The predicted octanol–water partition coefficient (Wildman–Crippen LogP) is 3.28. The van der Waals surface area contributed by atoms with Crippen molar-refractivity contribution >= 4 is 11.8 Å². The first kappa shape index (κ1) is 22.0. The summed E-state index contributed by atoms with van der Waals surface area (Å²) in [5.74, 6) is -0.708. The normalized spacial score (nSPS) is 10.8. The zero-order chi connectivity index (χ0) is 23.4. The van der Waals surface area contributed by atoms with Gasteiger partial charge in [-0.3, -0.25) is 25.1 Å². The maximum Gasteiger partial charge on any atom is 0.273 e. The van der Waals surface area contributed by atoms with Crippen LogP contribution in [-0.4, -0.2) is 31.4 Å². The highest BCUT2D eigenvalue weighted by Gasteiger charge is 2.19. The van der Waals surface area contributed by atoms with Crippen LogP contribution >= 0.6 is 0 Å². The van der Waals surface area contributed by atoms with Crippen molar-refractivity contribution < 1.29 is 9.59 Å². The van der Waals surface area contributed by atoms with E-state index < -0.39 is 5.91 Å². The van der Waals surface area contributed by atoms with E-state index in [2.05, 4.69) is 21.0 Å². The molecule has 0 aliphatic rings. The number of hydrazine groups is 1. The smallest absolute Gasteiger partial charge is 0.273 e. The van der Waals surface area contributed by atoms with Gasteiger partial charge in [0, 0.05) is 30.9 Å². The van der Waals surface area contributed by atoms with Gasteiger partial charge in [-0.1, -0.05) is 48.5 Å². The number of rotatable bonds is 6. The second-order valence-corrected chi connectivity index (χ2v) is 7.81. The van der Waals surface area contributed by atoms with Crippen molar-refractivity contribution in [2.75, 3.05) is 0 Å². The zero-order valence-electron chi connectivity index (χ0n) is 18.9. The molecule has 0 radical (unpaired) electrons. The Morgan fingerprint density at radius 3 is 2.21 bits per heavy atom. The van der Waals surface area contributed by atoms with Crippen LogP contribution in [0.15, 0.2) is 66.9 Å². The summed E-state index contributed by atoms with van der Waals surface area (Å²) >= 11 is 0. The second kappa shape index (κ2) is 9.52. The highest BCUT2D eigenvalue weighted by Crippen LogP contribution is 2.23. The molecule has 2 N–H and O–H groups in total. The molecule has 0 atom stereocenters. The molecule has 4 aromatic rings. The quantitative estimate of drug-likeness (QED) is 0.448. The van der Waals surface area contributed by atoms with Crippen LogP contribution in [0, 0.1) is 13.8 Å². The van der Waals surface area contributed by atoms with Gasteiger partial charge >= 0.3 is 0 Å². The number of hydrogen-bond acceptors (Lipinski definition) is 4. The van der Waals surface area contributed by atoms with E-state index in [-0.39, 0.29) is 12.3 Å². The first-order chi connectivity index (χ1) is 15.9. The third-order valence-electron chi connectivity index (χ3n) is 5.60. The van der Waals surface area contributed by atoms with Gasteiger partial charge in [0.1, 0.15) is 5.69 Å². The lowest BCUT2D eigenvalue weighted by atomic mass is 10.1. The molecule has 2 amide bonds. The van der Waals surface area contributed by atoms with Gasteiger partial charge in [-0.05, 0) is 38.0 Å². The first-order valence-corrected chi connectivity index (χ1v) is 10.7. The Balaban J connectivity index is 1.48. The third kappa shape index (κ3) is 4.85. The molecule has 2 aromatic heterocycles. The van der Waals surface area contributed by atoms with E-state index >= 15 is 0 Å². The Hall–Kier alpha value is -4.20. The third-order valence-corrected chi connectivity index (χ3v) is 5.60. The molecule has 0 unspecified atom stereocenters. The fraction of sp³-hybridized carbons (Fsp3) is 0.200. The molecule has 0 saturated heterocycles. The Morgan fingerprint density at radius 1 is 0.909 bits per heavy atom. The lowest BCUT2D eigenvalue weighted by Gasteiger charge is -2.08. The monoisotopic (exact) mass is 442 g/mol. The maximum absolute atomic E-state index is 13.0. The molecule has 0 bridgehead atoms. The maximum atomic E-state index is 13.0. The van der Waals surface area contributed by atoms with Crippen molar-refractivity contribution in [3.8, 4) is 16.9 Å². The Bertz CT molecular complexity index is 1280. The summed E-state index contributed by atoms with van der Waals surface area (Å²) in [7, 11) is 1.88. The van der Waals surface area contributed by atoms with Gasteiger partial charge in [-0.25, -0.2) is 4.68 Å². The molecule has 0 fully saturated rings. The Morgan fingerprint density at radius 2 is 1.58 bits per heavy atom. The summed E-state index contributed by atoms with van der Waals surface area (Å²) in [5, 5.41) is 9.00. The van der Waals surface area contributed by atoms with Crippen molar-refractivity contribution in [1.82, 2.24) is 30.4 Å². The summed E-state index contributed by atoms with van der Waals surface area (Å²) in [5.41, 5.74) is 10.6. The zero-order valence-corrected chi connectivity index (χ0v) is 18.9. The number of aromatic nitrogens is 4. The van der Waals surface area contributed by atoms with Gasteiger partial charge < -0.3 is 0 Å². The Labute approximate surface area is 192 Å². The van der Waals surface area contributed by atoms with E-state index in [0.29, 0.717) is 17.7 Å². The Kier molecular flexibility index (Phi) is 6.35. The van der Waals surface area contributed by atoms with Crippen molar-refractivity contribution in [2.24, 2.45) is 7.05 Å². The molecule has 0 saturated carbocycles. The van der Waals surface area contributed by atoms with E-state index in [0.717, 1.165) is 28.2 Å². The lowest BCUT2D eigenvalue weighted by molar-refractivity contribution is -0.121. The number of carbonyl (C=O) groups excluding carboxylic acids is 2. The van der Waals surface area contributed by atoms with Crippen LogP contribution in [0.4, 0.5) is 0 Å². The van der Waals surface area contributed by atoms with Crippen LogP contribution in [0.5, 0.6) is 0 Å². The van der Waals surface area contributed by atoms with E-state index in [1.54, 1.807) is 15.6 Å². The van der Waals surface area contributed by atoms with Gasteiger partial charge in [-0.15, -0.1) is 0 Å². The average molecular weight is 443 g/mol. The molecule has 2 heterocycles. The highest BCUT2D eigenvalue weighted by atomic mass is 16.2. The standard InChI is InChI=1S/C25H26N6O2/c1-17-21(18(2)30(3)28-17)14-15-23(32)26-27-25(33)22-16-31(20-12-8-5-9-13-20)29-24(22)19-10-6-4-7-11-19/h4-13,16H,14-15H2,1-3H3,(H,26,32)(H,27,33). The minimum atomic E-state index is -0.432. The van der Waals surface area contributed by atoms with Gasteiger partial charge in [0.2, 0.25) is 5.91 Å². The van der Waals surface area contributed by atoms with Crippen LogP contribution in [-0.2, 0) is 18.3 Å². The second-order valence-electron chi connectivity index (χ2n) is 7.81. The number of nitrogens with one attached hydrogen (secondary N) is 2. The van der Waals surface area contributed by atoms with Crippen molar-refractivity contribution in [3.05, 3.63) is 89.4 Å². The van der Waals surface area contributed by atoms with Crippen molar-refractivity contribution in [1.29, 1.82) is 0 Å². The number of benzene rings is 2. The molecule has 8 heteroatoms. The predicted molar refractivity (Wildman–Crippen MR) is 126 cm³/mol. The minimum absolute atomic E-state index is 0.239. The fourth-order valence-corrected chi connectivity index (χ4v) is 3.74. The summed E-state index contributed by atoms with van der Waals surface area (Å²) in [6.45, 7) is 3.90. The van der Waals surface area contributed by atoms with E-state index in [4.69, 9.17) is 0 Å². The van der Waals surface area contributed by atoms with Crippen LogP contribution in [0.3, 0.4) is 0 Å². The van der Waals surface area contributed by atoms with Gasteiger partial charge in [0.25, 0.3) is 5.91 Å². The summed E-state index contributed by atoms with van der Waals surface area (Å²) in [6, 6.07) is 19.0. The van der Waals surface area contributed by atoms with E-state index in [1.165, 1.54) is 0 Å².